The van der Waals surface area contributed by atoms with Crippen molar-refractivity contribution in [1.29, 1.82) is 0 Å². The molecule has 0 bridgehead atoms. The van der Waals surface area contributed by atoms with Gasteiger partial charge in [0.2, 0.25) is 0 Å². The van der Waals surface area contributed by atoms with E-state index in [0.29, 0.717) is 5.52 Å². The van der Waals surface area contributed by atoms with Crippen molar-refractivity contribution in [3.8, 4) is 0 Å². The Labute approximate surface area is 120 Å². The number of thiophene rings is 1. The molecule has 1 N–H and O–H groups in total. The van der Waals surface area contributed by atoms with E-state index < -0.39 is 0 Å². The summed E-state index contributed by atoms with van der Waals surface area (Å²) in [5.74, 6) is -0.249. The van der Waals surface area contributed by atoms with E-state index in [9.17, 15) is 4.39 Å². The van der Waals surface area contributed by atoms with E-state index in [1.54, 1.807) is 17.4 Å². The van der Waals surface area contributed by atoms with Gasteiger partial charge in [0.05, 0.1) is 20.5 Å². The molecule has 0 amide bonds. The molecule has 0 aliphatic heterocycles. The van der Waals surface area contributed by atoms with Gasteiger partial charge in [-0.2, -0.15) is 0 Å². The molecule has 2 heterocycles. The van der Waals surface area contributed by atoms with Crippen LogP contribution in [0.5, 0.6) is 0 Å². The van der Waals surface area contributed by atoms with Crippen molar-refractivity contribution in [1.82, 2.24) is 4.98 Å². The monoisotopic (exact) mass is 342 g/mol. The van der Waals surface area contributed by atoms with Gasteiger partial charge in [0.25, 0.3) is 0 Å². The maximum Gasteiger partial charge on any atom is 0.184 e. The molecule has 18 heavy (non-hydrogen) atoms. The number of hydrogen-bond acceptors (Lipinski definition) is 4. The Hall–Kier alpha value is -0.980. The zero-order valence-electron chi connectivity index (χ0n) is 9.11. The number of halogens is 2. The summed E-state index contributed by atoms with van der Waals surface area (Å²) in [5.41, 5.74) is 0.704. The largest absolute Gasteiger partial charge is 0.357 e. The number of nitrogens with zero attached hydrogens (tertiary/aromatic N) is 1. The van der Waals surface area contributed by atoms with Crippen molar-refractivity contribution < 1.29 is 4.39 Å². The van der Waals surface area contributed by atoms with Crippen LogP contribution < -0.4 is 5.32 Å². The molecule has 2 nitrogen and oxygen atoms in total. The molecule has 6 heteroatoms. The first-order valence-electron chi connectivity index (χ1n) is 5.25. The summed E-state index contributed by atoms with van der Waals surface area (Å²) < 4.78 is 15.1. The van der Waals surface area contributed by atoms with Gasteiger partial charge >= 0.3 is 0 Å². The Morgan fingerprint density at radius 2 is 2.11 bits per heavy atom. The zero-order valence-corrected chi connectivity index (χ0v) is 12.3. The van der Waals surface area contributed by atoms with Crippen molar-refractivity contribution in [2.45, 2.75) is 6.54 Å². The third kappa shape index (κ3) is 2.55. The Balaban J connectivity index is 1.78. The molecule has 0 spiro atoms. The molecule has 0 unspecified atom stereocenters. The van der Waals surface area contributed by atoms with E-state index in [1.165, 1.54) is 28.3 Å². The van der Waals surface area contributed by atoms with Gasteiger partial charge in [-0.3, -0.25) is 0 Å². The smallest absolute Gasteiger partial charge is 0.184 e. The second-order valence-corrected chi connectivity index (χ2v) is 7.27. The molecule has 3 rings (SSSR count). The first-order valence-corrected chi connectivity index (χ1v) is 7.67. The summed E-state index contributed by atoms with van der Waals surface area (Å²) in [7, 11) is 0. The predicted octanol–water partition coefficient (Wildman–Crippen LogP) is 4.87. The number of aromatic nitrogens is 1. The van der Waals surface area contributed by atoms with Crippen molar-refractivity contribution in [3.05, 3.63) is 44.8 Å². The van der Waals surface area contributed by atoms with E-state index in [0.717, 1.165) is 20.2 Å². The second kappa shape index (κ2) is 4.95. The van der Waals surface area contributed by atoms with Gasteiger partial charge < -0.3 is 5.32 Å². The Bertz CT molecular complexity index is 692. The maximum atomic E-state index is 13.0. The SMILES string of the molecule is Fc1ccc2sc(NCc3ccc(Br)s3)nc2c1. The fraction of sp³-hybridized carbons (Fsp3) is 0.0833. The lowest BCUT2D eigenvalue weighted by Gasteiger charge is -1.98. The molecule has 0 aliphatic rings. The van der Waals surface area contributed by atoms with Gasteiger partial charge in [-0.1, -0.05) is 11.3 Å². The first-order chi connectivity index (χ1) is 8.70. The number of thiazole rings is 1. The Morgan fingerprint density at radius 3 is 2.89 bits per heavy atom. The van der Waals surface area contributed by atoms with E-state index in [1.807, 2.05) is 6.07 Å². The standard InChI is InChI=1S/C12H8BrFN2S2/c13-11-4-2-8(17-11)6-15-12-16-9-5-7(14)1-3-10(9)18-12/h1-5H,6H2,(H,15,16). The average molecular weight is 343 g/mol. The molecular weight excluding hydrogens is 335 g/mol. The molecular formula is C12H8BrFN2S2. The van der Waals surface area contributed by atoms with Crippen molar-refractivity contribution in [2.24, 2.45) is 0 Å². The third-order valence-electron chi connectivity index (χ3n) is 2.39. The number of hydrogen-bond donors (Lipinski definition) is 1. The highest BCUT2D eigenvalue weighted by Crippen LogP contribution is 2.28. The van der Waals surface area contributed by atoms with Crippen molar-refractivity contribution in [3.63, 3.8) is 0 Å². The quantitative estimate of drug-likeness (QED) is 0.734. The summed E-state index contributed by atoms with van der Waals surface area (Å²) >= 11 is 6.65. The normalized spacial score (nSPS) is 11.0. The highest BCUT2D eigenvalue weighted by atomic mass is 79.9. The fourth-order valence-corrected chi connectivity index (χ4v) is 3.85. The number of fused-ring (bicyclic) bond motifs is 1. The lowest BCUT2D eigenvalue weighted by Crippen LogP contribution is -1.95. The van der Waals surface area contributed by atoms with Gasteiger partial charge in [0, 0.05) is 10.9 Å². The van der Waals surface area contributed by atoms with Crippen LogP contribution in [0.4, 0.5) is 9.52 Å². The molecule has 0 atom stereocenters. The average Bonchev–Trinajstić information content (AvgIpc) is 2.92. The lowest BCUT2D eigenvalue weighted by atomic mass is 10.3. The van der Waals surface area contributed by atoms with E-state index >= 15 is 0 Å². The predicted molar refractivity (Wildman–Crippen MR) is 78.9 cm³/mol. The minimum absolute atomic E-state index is 0.249. The minimum atomic E-state index is -0.249. The highest BCUT2D eigenvalue weighted by molar-refractivity contribution is 9.11. The van der Waals surface area contributed by atoms with Crippen LogP contribution in [-0.4, -0.2) is 4.98 Å². The van der Waals surface area contributed by atoms with Gasteiger partial charge in [-0.05, 0) is 40.2 Å². The molecule has 0 saturated heterocycles. The number of anilines is 1. The first kappa shape index (κ1) is 12.1. The Morgan fingerprint density at radius 1 is 1.22 bits per heavy atom. The van der Waals surface area contributed by atoms with Crippen LogP contribution in [-0.2, 0) is 6.54 Å². The van der Waals surface area contributed by atoms with Crippen LogP contribution in [0, 0.1) is 5.82 Å². The fourth-order valence-electron chi connectivity index (χ4n) is 1.59. The number of nitrogens with one attached hydrogen (secondary N) is 1. The zero-order chi connectivity index (χ0) is 12.5. The summed E-state index contributed by atoms with van der Waals surface area (Å²) in [5, 5.41) is 4.08. The molecule has 0 aliphatic carbocycles. The topological polar surface area (TPSA) is 24.9 Å². The van der Waals surface area contributed by atoms with Crippen LogP contribution >= 0.6 is 38.6 Å². The van der Waals surface area contributed by atoms with Gasteiger partial charge in [0.1, 0.15) is 5.82 Å². The molecule has 3 aromatic rings. The van der Waals surface area contributed by atoms with Gasteiger partial charge in [-0.15, -0.1) is 11.3 Å². The van der Waals surface area contributed by atoms with Crippen LogP contribution in [0.1, 0.15) is 4.88 Å². The van der Waals surface area contributed by atoms with Crippen LogP contribution in [0.25, 0.3) is 10.2 Å². The molecule has 2 aromatic heterocycles. The highest BCUT2D eigenvalue weighted by Gasteiger charge is 2.05. The van der Waals surface area contributed by atoms with E-state index in [2.05, 4.69) is 32.3 Å². The van der Waals surface area contributed by atoms with Crippen LogP contribution in [0.3, 0.4) is 0 Å². The van der Waals surface area contributed by atoms with Gasteiger partial charge in [-0.25, -0.2) is 9.37 Å². The number of rotatable bonds is 3. The lowest BCUT2D eigenvalue weighted by molar-refractivity contribution is 0.629. The molecule has 0 radical (unpaired) electrons. The summed E-state index contributed by atoms with van der Waals surface area (Å²) in [6.07, 6.45) is 0. The van der Waals surface area contributed by atoms with Crippen LogP contribution in [0.2, 0.25) is 0 Å². The number of benzene rings is 1. The molecule has 92 valence electrons. The van der Waals surface area contributed by atoms with Crippen LogP contribution in [0.15, 0.2) is 34.1 Å². The summed E-state index contributed by atoms with van der Waals surface area (Å²) in [6, 6.07) is 8.76. The summed E-state index contributed by atoms with van der Waals surface area (Å²) in [6.45, 7) is 0.735. The second-order valence-electron chi connectivity index (χ2n) is 3.69. The van der Waals surface area contributed by atoms with Gasteiger partial charge in [0.15, 0.2) is 5.13 Å². The van der Waals surface area contributed by atoms with Crippen molar-refractivity contribution >= 4 is 54.0 Å². The maximum absolute atomic E-state index is 13.0. The minimum Gasteiger partial charge on any atom is -0.357 e. The van der Waals surface area contributed by atoms with Crippen molar-refractivity contribution in [2.75, 3.05) is 5.32 Å². The molecule has 0 saturated carbocycles. The summed E-state index contributed by atoms with van der Waals surface area (Å²) in [4.78, 5) is 5.58. The Kier molecular flexibility index (Phi) is 3.32. The molecule has 0 fully saturated rings. The third-order valence-corrected chi connectivity index (χ3v) is 5.01. The van der Waals surface area contributed by atoms with E-state index in [4.69, 9.17) is 0 Å². The van der Waals surface area contributed by atoms with E-state index in [-0.39, 0.29) is 5.82 Å². The molecule has 1 aromatic carbocycles.